The van der Waals surface area contributed by atoms with E-state index >= 15 is 0 Å². The van der Waals surface area contributed by atoms with Crippen LogP contribution in [0.5, 0.6) is 0 Å². The lowest BCUT2D eigenvalue weighted by Gasteiger charge is -2.13. The smallest absolute Gasteiger partial charge is 0.261 e. The zero-order chi connectivity index (χ0) is 14.9. The fraction of sp³-hybridized carbons (Fsp3) is 0.385. The van der Waals surface area contributed by atoms with Gasteiger partial charge in [-0.2, -0.15) is 0 Å². The number of hydrogen-bond donors (Lipinski definition) is 1. The minimum Gasteiger partial charge on any atom is -0.399 e. The highest BCUT2D eigenvalue weighted by Crippen LogP contribution is 2.24. The maximum absolute atomic E-state index is 12.1. The third kappa shape index (κ3) is 2.67. The van der Waals surface area contributed by atoms with Gasteiger partial charge in [-0.1, -0.05) is 6.92 Å². The molecule has 1 heterocycles. The number of carbonyl (C=O) groups is 2. The van der Waals surface area contributed by atoms with Gasteiger partial charge in [0.2, 0.25) is 0 Å². The number of sulfone groups is 1. The molecule has 0 radical (unpaired) electrons. The van der Waals surface area contributed by atoms with Gasteiger partial charge in [-0.15, -0.1) is 0 Å². The summed E-state index contributed by atoms with van der Waals surface area (Å²) in [6, 6.07) is 4.48. The van der Waals surface area contributed by atoms with Crippen LogP contribution in [0, 0.1) is 0 Å². The Hall–Kier alpha value is -1.89. The minimum absolute atomic E-state index is 0.0586. The van der Waals surface area contributed by atoms with Gasteiger partial charge in [0, 0.05) is 18.0 Å². The van der Waals surface area contributed by atoms with Gasteiger partial charge in [0.05, 0.1) is 16.9 Å². The van der Waals surface area contributed by atoms with Crippen molar-refractivity contribution in [3.05, 3.63) is 29.3 Å². The Labute approximate surface area is 117 Å². The standard InChI is InChI=1S/C13H16N2O4S/c1-2-6-20(18,19)7-5-15-12(16)10-4-3-9(14)8-11(10)13(15)17/h3-4,8H,2,5-7,14H2,1H3. The molecule has 0 unspecified atom stereocenters. The summed E-state index contributed by atoms with van der Waals surface area (Å²) in [6.45, 7) is 1.65. The molecular formula is C13H16N2O4S. The molecule has 20 heavy (non-hydrogen) atoms. The van der Waals surface area contributed by atoms with Gasteiger partial charge in [0.15, 0.2) is 9.84 Å². The van der Waals surface area contributed by atoms with Crippen molar-refractivity contribution in [1.82, 2.24) is 4.90 Å². The molecule has 1 aromatic carbocycles. The van der Waals surface area contributed by atoms with E-state index < -0.39 is 21.7 Å². The monoisotopic (exact) mass is 296 g/mol. The Balaban J connectivity index is 2.17. The van der Waals surface area contributed by atoms with Crippen molar-refractivity contribution < 1.29 is 18.0 Å². The molecule has 0 saturated heterocycles. The first-order valence-corrected chi connectivity index (χ1v) is 8.14. The summed E-state index contributed by atoms with van der Waals surface area (Å²) in [5, 5.41) is 0. The van der Waals surface area contributed by atoms with Crippen LogP contribution in [0.2, 0.25) is 0 Å². The summed E-state index contributed by atoms with van der Waals surface area (Å²) >= 11 is 0. The minimum atomic E-state index is -3.23. The molecule has 0 spiro atoms. The van der Waals surface area contributed by atoms with Crippen LogP contribution in [0.4, 0.5) is 5.69 Å². The highest BCUT2D eigenvalue weighted by Gasteiger charge is 2.35. The third-order valence-corrected chi connectivity index (χ3v) is 4.97. The molecule has 108 valence electrons. The van der Waals surface area contributed by atoms with Crippen LogP contribution < -0.4 is 5.73 Å². The van der Waals surface area contributed by atoms with Crippen LogP contribution >= 0.6 is 0 Å². The zero-order valence-corrected chi connectivity index (χ0v) is 11.9. The molecule has 2 amide bonds. The summed E-state index contributed by atoms with van der Waals surface area (Å²) in [7, 11) is -3.23. The molecule has 1 aliphatic heterocycles. The maximum atomic E-state index is 12.1. The van der Waals surface area contributed by atoms with Gasteiger partial charge in [-0.05, 0) is 24.6 Å². The van der Waals surface area contributed by atoms with E-state index in [1.807, 2.05) is 0 Å². The van der Waals surface area contributed by atoms with Crippen molar-refractivity contribution in [2.24, 2.45) is 0 Å². The first kappa shape index (κ1) is 14.5. The summed E-state index contributed by atoms with van der Waals surface area (Å²) in [5.74, 6) is -1.09. The van der Waals surface area contributed by atoms with Crippen LogP contribution in [0.25, 0.3) is 0 Å². The van der Waals surface area contributed by atoms with E-state index in [9.17, 15) is 18.0 Å². The second-order valence-electron chi connectivity index (χ2n) is 4.72. The van der Waals surface area contributed by atoms with Gasteiger partial charge < -0.3 is 5.73 Å². The van der Waals surface area contributed by atoms with Crippen molar-refractivity contribution >= 4 is 27.3 Å². The summed E-state index contributed by atoms with van der Waals surface area (Å²) in [5.41, 5.74) is 6.50. The molecule has 0 fully saturated rings. The molecule has 0 aliphatic carbocycles. The van der Waals surface area contributed by atoms with Gasteiger partial charge in [0.1, 0.15) is 0 Å². The number of rotatable bonds is 5. The topological polar surface area (TPSA) is 97.5 Å². The average molecular weight is 296 g/mol. The van der Waals surface area contributed by atoms with E-state index in [1.165, 1.54) is 12.1 Å². The second kappa shape index (κ2) is 5.24. The van der Waals surface area contributed by atoms with Crippen molar-refractivity contribution in [2.75, 3.05) is 23.8 Å². The van der Waals surface area contributed by atoms with Crippen LogP contribution in [-0.4, -0.2) is 43.2 Å². The van der Waals surface area contributed by atoms with Crippen LogP contribution in [0.15, 0.2) is 18.2 Å². The largest absolute Gasteiger partial charge is 0.399 e. The van der Waals surface area contributed by atoms with Crippen LogP contribution in [-0.2, 0) is 9.84 Å². The number of amides is 2. The molecule has 0 saturated carbocycles. The normalized spacial score (nSPS) is 14.8. The lowest BCUT2D eigenvalue weighted by molar-refractivity contribution is 0.0664. The van der Waals surface area contributed by atoms with E-state index in [-0.39, 0.29) is 29.2 Å². The average Bonchev–Trinajstić information content (AvgIpc) is 2.59. The Morgan fingerprint density at radius 1 is 1.10 bits per heavy atom. The number of benzene rings is 1. The number of anilines is 1. The lowest BCUT2D eigenvalue weighted by atomic mass is 10.1. The van der Waals surface area contributed by atoms with Crippen LogP contribution in [0.1, 0.15) is 34.1 Å². The van der Waals surface area contributed by atoms with E-state index in [4.69, 9.17) is 5.73 Å². The van der Waals surface area contributed by atoms with Crippen molar-refractivity contribution in [3.63, 3.8) is 0 Å². The first-order valence-electron chi connectivity index (χ1n) is 6.32. The number of nitrogens with two attached hydrogens (primary N) is 1. The summed E-state index contributed by atoms with van der Waals surface area (Å²) < 4.78 is 23.3. The molecule has 1 aliphatic rings. The molecule has 2 rings (SSSR count). The van der Waals surface area contributed by atoms with Crippen molar-refractivity contribution in [3.8, 4) is 0 Å². The summed E-state index contributed by atoms with van der Waals surface area (Å²) in [6.07, 6.45) is 0.515. The fourth-order valence-electron chi connectivity index (χ4n) is 2.15. The van der Waals surface area contributed by atoms with E-state index in [0.29, 0.717) is 12.1 Å². The van der Waals surface area contributed by atoms with Crippen molar-refractivity contribution in [2.45, 2.75) is 13.3 Å². The molecule has 0 aromatic heterocycles. The number of fused-ring (bicyclic) bond motifs is 1. The number of imide groups is 1. The Morgan fingerprint density at radius 2 is 1.75 bits per heavy atom. The zero-order valence-electron chi connectivity index (χ0n) is 11.1. The Bertz CT molecular complexity index is 667. The number of carbonyl (C=O) groups excluding carboxylic acids is 2. The third-order valence-electron chi connectivity index (χ3n) is 3.14. The maximum Gasteiger partial charge on any atom is 0.261 e. The number of hydrogen-bond acceptors (Lipinski definition) is 5. The SMILES string of the molecule is CCCS(=O)(=O)CCN1C(=O)c2ccc(N)cc2C1=O. The van der Waals surface area contributed by atoms with E-state index in [0.717, 1.165) is 4.90 Å². The number of nitrogens with zero attached hydrogens (tertiary/aromatic N) is 1. The summed E-state index contributed by atoms with van der Waals surface area (Å²) in [4.78, 5) is 25.1. The van der Waals surface area contributed by atoms with Gasteiger partial charge in [-0.3, -0.25) is 14.5 Å². The Kier molecular flexibility index (Phi) is 3.80. The molecule has 1 aromatic rings. The molecule has 2 N–H and O–H groups in total. The fourth-order valence-corrected chi connectivity index (χ4v) is 3.44. The molecule has 6 nitrogen and oxygen atoms in total. The highest BCUT2D eigenvalue weighted by atomic mass is 32.2. The molecule has 0 bridgehead atoms. The van der Waals surface area contributed by atoms with E-state index in [1.54, 1.807) is 13.0 Å². The van der Waals surface area contributed by atoms with Gasteiger partial charge in [0.25, 0.3) is 11.8 Å². The predicted octanol–water partition coefficient (Wildman–Crippen LogP) is 0.690. The highest BCUT2D eigenvalue weighted by molar-refractivity contribution is 7.91. The molecule has 7 heteroatoms. The molecular weight excluding hydrogens is 280 g/mol. The van der Waals surface area contributed by atoms with Gasteiger partial charge >= 0.3 is 0 Å². The van der Waals surface area contributed by atoms with Crippen molar-refractivity contribution in [1.29, 1.82) is 0 Å². The predicted molar refractivity (Wildman–Crippen MR) is 75.2 cm³/mol. The van der Waals surface area contributed by atoms with Crippen LogP contribution in [0.3, 0.4) is 0 Å². The number of nitrogen functional groups attached to an aromatic ring is 1. The lowest BCUT2D eigenvalue weighted by Crippen LogP contribution is -2.34. The first-order chi connectivity index (χ1) is 9.35. The van der Waals surface area contributed by atoms with Gasteiger partial charge in [-0.25, -0.2) is 8.42 Å². The Morgan fingerprint density at radius 3 is 2.40 bits per heavy atom. The molecule has 0 atom stereocenters. The second-order valence-corrected chi connectivity index (χ2v) is 7.02. The quantitative estimate of drug-likeness (QED) is 0.637. The van der Waals surface area contributed by atoms with E-state index in [2.05, 4.69) is 0 Å².